The van der Waals surface area contributed by atoms with Crippen LogP contribution in [0.1, 0.15) is 53.4 Å². The lowest BCUT2D eigenvalue weighted by atomic mass is 10.1. The van der Waals surface area contributed by atoms with Crippen molar-refractivity contribution in [1.82, 2.24) is 0 Å². The van der Waals surface area contributed by atoms with Gasteiger partial charge in [-0.1, -0.05) is 44.4 Å². The number of ketones is 1. The molecule has 2 rings (SSSR count). The summed E-state index contributed by atoms with van der Waals surface area (Å²) < 4.78 is 1.09. The molecule has 0 unspecified atom stereocenters. The highest BCUT2D eigenvalue weighted by Gasteiger charge is 2.11. The summed E-state index contributed by atoms with van der Waals surface area (Å²) in [6.45, 7) is 2.22. The van der Waals surface area contributed by atoms with Gasteiger partial charge in [-0.05, 0) is 64.2 Å². The first kappa shape index (κ1) is 19.9. The van der Waals surface area contributed by atoms with Gasteiger partial charge in [0.05, 0.1) is 8.66 Å². The molecular formula is C21H26BrNOS. The second-order valence-corrected chi connectivity index (χ2v) is 8.77. The number of allylic oxidation sites excluding steroid dienone is 1. The third kappa shape index (κ3) is 6.12. The Hall–Kier alpha value is -1.39. The van der Waals surface area contributed by atoms with Crippen molar-refractivity contribution in [3.63, 3.8) is 0 Å². The van der Waals surface area contributed by atoms with Crippen molar-refractivity contribution in [1.29, 1.82) is 0 Å². The van der Waals surface area contributed by atoms with Crippen LogP contribution in [-0.2, 0) is 6.42 Å². The molecule has 25 heavy (non-hydrogen) atoms. The quantitative estimate of drug-likeness (QED) is 0.259. The SMILES string of the molecule is CCCCCCc1cc(C(=O)C=Cc2ccc(N(C)C)cc2)sc1Br. The summed E-state index contributed by atoms with van der Waals surface area (Å²) in [5, 5.41) is 0. The van der Waals surface area contributed by atoms with Crippen LogP contribution in [0.4, 0.5) is 5.69 Å². The van der Waals surface area contributed by atoms with Crippen LogP contribution >= 0.6 is 27.3 Å². The fourth-order valence-corrected chi connectivity index (χ4v) is 4.27. The first-order valence-corrected chi connectivity index (χ1v) is 10.4. The summed E-state index contributed by atoms with van der Waals surface area (Å²) in [7, 11) is 4.03. The van der Waals surface area contributed by atoms with Gasteiger partial charge in [-0.15, -0.1) is 11.3 Å². The second-order valence-electron chi connectivity index (χ2n) is 6.40. The number of halogens is 1. The monoisotopic (exact) mass is 419 g/mol. The first-order valence-electron chi connectivity index (χ1n) is 8.79. The van der Waals surface area contributed by atoms with Gasteiger partial charge in [-0.25, -0.2) is 0 Å². The molecule has 0 aliphatic heterocycles. The van der Waals surface area contributed by atoms with Gasteiger partial charge in [-0.3, -0.25) is 4.79 Å². The zero-order valence-electron chi connectivity index (χ0n) is 15.2. The van der Waals surface area contributed by atoms with Crippen LogP contribution in [0.25, 0.3) is 6.08 Å². The topological polar surface area (TPSA) is 20.3 Å². The molecule has 0 spiro atoms. The van der Waals surface area contributed by atoms with Crippen LogP contribution in [0, 0.1) is 0 Å². The molecule has 0 saturated heterocycles. The largest absolute Gasteiger partial charge is 0.378 e. The summed E-state index contributed by atoms with van der Waals surface area (Å²) in [5.41, 5.74) is 3.45. The van der Waals surface area contributed by atoms with E-state index in [1.54, 1.807) is 6.08 Å². The van der Waals surface area contributed by atoms with Gasteiger partial charge in [0.2, 0.25) is 0 Å². The maximum absolute atomic E-state index is 12.4. The zero-order chi connectivity index (χ0) is 18.2. The molecule has 0 atom stereocenters. The van der Waals surface area contributed by atoms with Gasteiger partial charge < -0.3 is 4.90 Å². The average molecular weight is 420 g/mol. The second kappa shape index (κ2) is 9.93. The van der Waals surface area contributed by atoms with Crippen molar-refractivity contribution in [3.05, 3.63) is 56.2 Å². The maximum atomic E-state index is 12.4. The van der Waals surface area contributed by atoms with Crippen LogP contribution in [0.15, 0.2) is 40.2 Å². The maximum Gasteiger partial charge on any atom is 0.195 e. The van der Waals surface area contributed by atoms with E-state index in [9.17, 15) is 4.79 Å². The molecule has 2 nitrogen and oxygen atoms in total. The predicted octanol–water partition coefficient (Wildman–Crippen LogP) is 6.60. The fraction of sp³-hybridized carbons (Fsp3) is 0.381. The molecule has 1 aromatic carbocycles. The van der Waals surface area contributed by atoms with E-state index in [0.717, 1.165) is 26.3 Å². The number of carbonyl (C=O) groups is 1. The van der Waals surface area contributed by atoms with Crippen molar-refractivity contribution in [3.8, 4) is 0 Å². The van der Waals surface area contributed by atoms with E-state index in [1.165, 1.54) is 42.6 Å². The Morgan fingerprint density at radius 2 is 1.88 bits per heavy atom. The van der Waals surface area contributed by atoms with Crippen LogP contribution in [0.2, 0.25) is 0 Å². The molecule has 134 valence electrons. The number of benzene rings is 1. The van der Waals surface area contributed by atoms with Crippen LogP contribution < -0.4 is 4.90 Å². The zero-order valence-corrected chi connectivity index (χ0v) is 17.6. The Morgan fingerprint density at radius 3 is 2.52 bits per heavy atom. The number of unbranched alkanes of at least 4 members (excludes halogenated alkanes) is 3. The van der Waals surface area contributed by atoms with Gasteiger partial charge in [0, 0.05) is 19.8 Å². The molecule has 0 aliphatic rings. The molecule has 0 aliphatic carbocycles. The van der Waals surface area contributed by atoms with Gasteiger partial charge in [0.15, 0.2) is 5.78 Å². The van der Waals surface area contributed by atoms with Crippen molar-refractivity contribution < 1.29 is 4.79 Å². The van der Waals surface area contributed by atoms with E-state index in [4.69, 9.17) is 0 Å². The molecular weight excluding hydrogens is 394 g/mol. The highest BCUT2D eigenvalue weighted by atomic mass is 79.9. The molecule has 0 amide bonds. The van der Waals surface area contributed by atoms with E-state index in [1.807, 2.05) is 38.4 Å². The standard InChI is InChI=1S/C21H26BrNOS/c1-4-5-6-7-8-17-15-20(25-21(17)22)19(24)14-11-16-9-12-18(13-10-16)23(2)3/h9-15H,4-8H2,1-3H3. The fourth-order valence-electron chi connectivity index (χ4n) is 2.58. The van der Waals surface area contributed by atoms with Crippen molar-refractivity contribution >= 4 is 44.8 Å². The minimum atomic E-state index is 0.0715. The van der Waals surface area contributed by atoms with Crippen LogP contribution in [0.5, 0.6) is 0 Å². The highest BCUT2D eigenvalue weighted by molar-refractivity contribution is 9.11. The number of aryl methyl sites for hydroxylation is 1. The lowest BCUT2D eigenvalue weighted by Crippen LogP contribution is -2.07. The van der Waals surface area contributed by atoms with Crippen LogP contribution in [0.3, 0.4) is 0 Å². The van der Waals surface area contributed by atoms with Crippen molar-refractivity contribution in [2.24, 2.45) is 0 Å². The molecule has 4 heteroatoms. The molecule has 2 aromatic rings. The Morgan fingerprint density at radius 1 is 1.16 bits per heavy atom. The summed E-state index contributed by atoms with van der Waals surface area (Å²) in [6, 6.07) is 10.2. The minimum absolute atomic E-state index is 0.0715. The summed E-state index contributed by atoms with van der Waals surface area (Å²) >= 11 is 5.15. The smallest absolute Gasteiger partial charge is 0.195 e. The number of thiophene rings is 1. The normalized spacial score (nSPS) is 11.2. The Balaban J connectivity index is 1.98. The molecule has 1 heterocycles. The molecule has 0 bridgehead atoms. The molecule has 0 N–H and O–H groups in total. The highest BCUT2D eigenvalue weighted by Crippen LogP contribution is 2.30. The number of carbonyl (C=O) groups excluding carboxylic acids is 1. The Labute approximate surface area is 163 Å². The number of hydrogen-bond donors (Lipinski definition) is 0. The van der Waals surface area contributed by atoms with Gasteiger partial charge in [0.1, 0.15) is 0 Å². The molecule has 0 fully saturated rings. The number of rotatable bonds is 9. The Bertz CT molecular complexity index is 716. The van der Waals surface area contributed by atoms with E-state index in [2.05, 4.69) is 39.9 Å². The minimum Gasteiger partial charge on any atom is -0.378 e. The third-order valence-corrected chi connectivity index (χ3v) is 6.11. The molecule has 1 aromatic heterocycles. The molecule has 0 radical (unpaired) electrons. The van der Waals surface area contributed by atoms with Crippen LogP contribution in [-0.4, -0.2) is 19.9 Å². The third-order valence-electron chi connectivity index (χ3n) is 4.14. The number of hydrogen-bond acceptors (Lipinski definition) is 3. The van der Waals surface area contributed by atoms with E-state index in [-0.39, 0.29) is 5.78 Å². The lowest BCUT2D eigenvalue weighted by molar-refractivity contribution is 0.105. The van der Waals surface area contributed by atoms with Crippen molar-refractivity contribution in [2.45, 2.75) is 39.0 Å². The van der Waals surface area contributed by atoms with Crippen molar-refractivity contribution in [2.75, 3.05) is 19.0 Å². The predicted molar refractivity (Wildman–Crippen MR) is 114 cm³/mol. The summed E-state index contributed by atoms with van der Waals surface area (Å²) in [6.07, 6.45) is 9.56. The molecule has 0 saturated carbocycles. The van der Waals surface area contributed by atoms with Gasteiger partial charge in [0.25, 0.3) is 0 Å². The van der Waals surface area contributed by atoms with E-state index in [0.29, 0.717) is 0 Å². The van der Waals surface area contributed by atoms with E-state index >= 15 is 0 Å². The Kier molecular flexibility index (Phi) is 7.91. The number of nitrogens with zero attached hydrogens (tertiary/aromatic N) is 1. The average Bonchev–Trinajstić information content (AvgIpc) is 2.98. The number of anilines is 1. The summed E-state index contributed by atoms with van der Waals surface area (Å²) in [5.74, 6) is 0.0715. The van der Waals surface area contributed by atoms with Gasteiger partial charge in [-0.2, -0.15) is 0 Å². The summed E-state index contributed by atoms with van der Waals surface area (Å²) in [4.78, 5) is 15.3. The van der Waals surface area contributed by atoms with E-state index < -0.39 is 0 Å². The first-order chi connectivity index (χ1) is 12.0. The van der Waals surface area contributed by atoms with Gasteiger partial charge >= 0.3 is 0 Å². The lowest BCUT2D eigenvalue weighted by Gasteiger charge is -2.11.